The second-order valence-electron chi connectivity index (χ2n) is 7.72. The van der Waals surface area contributed by atoms with Crippen molar-refractivity contribution in [1.29, 1.82) is 0 Å². The molecule has 1 aliphatic heterocycles. The number of hydrogen-bond donors (Lipinski definition) is 1. The van der Waals surface area contributed by atoms with Crippen molar-refractivity contribution in [2.24, 2.45) is 0 Å². The van der Waals surface area contributed by atoms with E-state index in [1.54, 1.807) is 0 Å². The number of aromatic nitrogens is 3. The van der Waals surface area contributed by atoms with Crippen molar-refractivity contribution in [3.05, 3.63) is 23.1 Å². The van der Waals surface area contributed by atoms with Crippen molar-refractivity contribution in [3.63, 3.8) is 0 Å². The molecule has 12 heteroatoms. The molecule has 2 amide bonds. The first-order valence-electron chi connectivity index (χ1n) is 8.99. The van der Waals surface area contributed by atoms with Crippen LogP contribution in [0.25, 0.3) is 5.65 Å². The van der Waals surface area contributed by atoms with Crippen molar-refractivity contribution in [2.45, 2.75) is 56.2 Å². The van der Waals surface area contributed by atoms with E-state index in [1.165, 1.54) is 12.3 Å². The van der Waals surface area contributed by atoms with Crippen LogP contribution >= 0.6 is 11.6 Å². The molecule has 2 aliphatic rings. The van der Waals surface area contributed by atoms with Gasteiger partial charge in [-0.2, -0.15) is 18.3 Å². The third-order valence-electron chi connectivity index (χ3n) is 5.64. The average Bonchev–Trinajstić information content (AvgIpc) is 3.14. The molecular weight excluding hydrogens is 421 g/mol. The molecule has 158 valence electrons. The maximum Gasteiger partial charge on any atom is 0.401 e. The third-order valence-corrected chi connectivity index (χ3v) is 5.82. The molecule has 0 aromatic carbocycles. The van der Waals surface area contributed by atoms with Crippen molar-refractivity contribution in [2.75, 3.05) is 11.4 Å². The highest BCUT2D eigenvalue weighted by molar-refractivity contribution is 6.29. The van der Waals surface area contributed by atoms with E-state index >= 15 is 0 Å². The quantitative estimate of drug-likeness (QED) is 0.676. The van der Waals surface area contributed by atoms with Gasteiger partial charge in [-0.05, 0) is 19.8 Å². The van der Waals surface area contributed by atoms with Gasteiger partial charge in [0.15, 0.2) is 10.8 Å². The molecule has 0 spiro atoms. The molecule has 4 rings (SSSR count). The summed E-state index contributed by atoms with van der Waals surface area (Å²) in [5, 5.41) is 6.46. The van der Waals surface area contributed by atoms with Gasteiger partial charge in [-0.3, -0.25) is 4.90 Å². The number of fused-ring (bicyclic) bond motifs is 3. The Hall–Kier alpha value is -2.17. The molecule has 29 heavy (non-hydrogen) atoms. The van der Waals surface area contributed by atoms with E-state index in [0.29, 0.717) is 0 Å². The van der Waals surface area contributed by atoms with E-state index in [9.17, 15) is 26.7 Å². The van der Waals surface area contributed by atoms with E-state index < -0.39 is 36.1 Å². The molecule has 2 aromatic rings. The van der Waals surface area contributed by atoms with Gasteiger partial charge in [0, 0.05) is 31.5 Å². The fraction of sp³-hybridized carbons (Fsp3) is 0.588. The lowest BCUT2D eigenvalue weighted by molar-refractivity contribution is -0.181. The van der Waals surface area contributed by atoms with Crippen LogP contribution < -0.4 is 10.2 Å². The zero-order chi connectivity index (χ0) is 21.2. The number of carbonyl (C=O) groups excluding carboxylic acids is 1. The lowest BCUT2D eigenvalue weighted by atomic mass is 9.87. The Morgan fingerprint density at radius 2 is 1.97 bits per heavy atom. The number of urea groups is 1. The number of hydrogen-bond acceptors (Lipinski definition) is 3. The lowest BCUT2D eigenvalue weighted by Crippen LogP contribution is -2.50. The first kappa shape index (κ1) is 20.1. The van der Waals surface area contributed by atoms with Crippen molar-refractivity contribution in [3.8, 4) is 0 Å². The van der Waals surface area contributed by atoms with E-state index in [2.05, 4.69) is 15.4 Å². The number of halogens is 6. The van der Waals surface area contributed by atoms with Gasteiger partial charge in [-0.1, -0.05) is 11.6 Å². The van der Waals surface area contributed by atoms with Gasteiger partial charge in [0.25, 0.3) is 0 Å². The number of alkyl halides is 5. The Morgan fingerprint density at radius 3 is 2.59 bits per heavy atom. The van der Waals surface area contributed by atoms with Gasteiger partial charge in [0.05, 0.1) is 17.6 Å². The molecule has 3 heterocycles. The van der Waals surface area contributed by atoms with Crippen molar-refractivity contribution in [1.82, 2.24) is 19.9 Å². The predicted octanol–water partition coefficient (Wildman–Crippen LogP) is 4.31. The summed E-state index contributed by atoms with van der Waals surface area (Å²) in [7, 11) is 0. The largest absolute Gasteiger partial charge is 0.401 e. The summed E-state index contributed by atoms with van der Waals surface area (Å²) in [6.07, 6.45) is -4.14. The molecule has 0 saturated heterocycles. The highest BCUT2D eigenvalue weighted by atomic mass is 35.5. The summed E-state index contributed by atoms with van der Waals surface area (Å²) in [6.45, 7) is 0.300. The molecule has 0 bridgehead atoms. The highest BCUT2D eigenvalue weighted by Gasteiger charge is 2.60. The molecule has 1 fully saturated rings. The molecule has 1 saturated carbocycles. The van der Waals surface area contributed by atoms with Crippen LogP contribution in [-0.2, 0) is 5.41 Å². The Kier molecular flexibility index (Phi) is 4.45. The second-order valence-corrected chi connectivity index (χ2v) is 8.11. The Morgan fingerprint density at radius 1 is 1.31 bits per heavy atom. The van der Waals surface area contributed by atoms with E-state index in [4.69, 9.17) is 11.6 Å². The van der Waals surface area contributed by atoms with Crippen molar-refractivity contribution < 1.29 is 26.7 Å². The van der Waals surface area contributed by atoms with E-state index in [1.807, 2.05) is 0 Å². The van der Waals surface area contributed by atoms with Gasteiger partial charge >= 0.3 is 12.2 Å². The summed E-state index contributed by atoms with van der Waals surface area (Å²) in [5.41, 5.74) is -2.57. The Bertz CT molecular complexity index is 967. The van der Waals surface area contributed by atoms with Crippen LogP contribution in [0.5, 0.6) is 0 Å². The van der Waals surface area contributed by atoms with E-state index in [0.717, 1.165) is 16.3 Å². The summed E-state index contributed by atoms with van der Waals surface area (Å²) >= 11 is 5.84. The molecular formula is C17H17ClF5N5O. The number of carbonyl (C=O) groups is 1. The Labute approximate surface area is 167 Å². The van der Waals surface area contributed by atoms with Gasteiger partial charge in [-0.25, -0.2) is 23.1 Å². The fourth-order valence-electron chi connectivity index (χ4n) is 3.93. The maximum atomic E-state index is 14.0. The second kappa shape index (κ2) is 6.41. The van der Waals surface area contributed by atoms with Gasteiger partial charge < -0.3 is 5.32 Å². The Balaban J connectivity index is 1.69. The lowest BCUT2D eigenvalue weighted by Gasteiger charge is -2.31. The zero-order valence-electron chi connectivity index (χ0n) is 15.2. The minimum Gasteiger partial charge on any atom is -0.335 e. The minimum absolute atomic E-state index is 0.0264. The van der Waals surface area contributed by atoms with Crippen LogP contribution in [-0.4, -0.2) is 45.3 Å². The molecule has 1 aliphatic carbocycles. The summed E-state index contributed by atoms with van der Waals surface area (Å²) < 4.78 is 69.6. The normalized spacial score (nSPS) is 24.7. The highest BCUT2D eigenvalue weighted by Crippen LogP contribution is 2.50. The zero-order valence-corrected chi connectivity index (χ0v) is 16.0. The molecule has 1 N–H and O–H groups in total. The molecule has 0 unspecified atom stereocenters. The SMILES string of the molecule is C[C@@]1(C(F)(F)F)CN(C(=O)NC2CCC(F)(F)CC2)c2cnc3cc(Cl)nn3c21. The van der Waals surface area contributed by atoms with Crippen LogP contribution in [0.4, 0.5) is 32.4 Å². The molecule has 1 atom stereocenters. The van der Waals surface area contributed by atoms with Gasteiger partial charge in [0.2, 0.25) is 5.92 Å². The van der Waals surface area contributed by atoms with Crippen molar-refractivity contribution >= 4 is 29.0 Å². The van der Waals surface area contributed by atoms with Crippen LogP contribution in [0, 0.1) is 0 Å². The maximum absolute atomic E-state index is 14.0. The van der Waals surface area contributed by atoms with Gasteiger partial charge in [-0.15, -0.1) is 0 Å². The fourth-order valence-corrected chi connectivity index (χ4v) is 4.10. The standard InChI is InChI=1S/C17H17ClF5N5O/c1-15(17(21,22)23)8-27(14(29)25-9-2-4-16(19,20)5-3-9)10-7-24-12-6-11(18)26-28(12)13(10)15/h6-7,9H,2-5,8H2,1H3,(H,25,29)/t15-/m1/s1. The van der Waals surface area contributed by atoms with Crippen LogP contribution in [0.3, 0.4) is 0 Å². The first-order chi connectivity index (χ1) is 13.4. The number of amides is 2. The summed E-state index contributed by atoms with van der Waals surface area (Å²) in [4.78, 5) is 17.8. The smallest absolute Gasteiger partial charge is 0.335 e. The first-order valence-corrected chi connectivity index (χ1v) is 9.36. The number of rotatable bonds is 1. The minimum atomic E-state index is -4.68. The third kappa shape index (κ3) is 3.28. The molecule has 0 radical (unpaired) electrons. The number of nitrogens with zero attached hydrogens (tertiary/aromatic N) is 4. The summed E-state index contributed by atoms with van der Waals surface area (Å²) in [5.74, 6) is -2.77. The monoisotopic (exact) mass is 437 g/mol. The average molecular weight is 438 g/mol. The van der Waals surface area contributed by atoms with Crippen LogP contribution in [0.1, 0.15) is 38.3 Å². The van der Waals surface area contributed by atoms with Crippen LogP contribution in [0.15, 0.2) is 12.3 Å². The van der Waals surface area contributed by atoms with Crippen LogP contribution in [0.2, 0.25) is 5.15 Å². The number of anilines is 1. The summed E-state index contributed by atoms with van der Waals surface area (Å²) in [6, 6.07) is 0.0109. The molecule has 2 aromatic heterocycles. The topological polar surface area (TPSA) is 62.5 Å². The van der Waals surface area contributed by atoms with Gasteiger partial charge in [0.1, 0.15) is 5.41 Å². The molecule has 6 nitrogen and oxygen atoms in total. The number of nitrogens with one attached hydrogen (secondary N) is 1. The predicted molar refractivity (Wildman–Crippen MR) is 94.5 cm³/mol. The van der Waals surface area contributed by atoms with E-state index in [-0.39, 0.29) is 47.9 Å².